The van der Waals surface area contributed by atoms with Crippen LogP contribution in [0.5, 0.6) is 0 Å². The summed E-state index contributed by atoms with van der Waals surface area (Å²) in [4.78, 5) is 4.90. The van der Waals surface area contributed by atoms with Crippen LogP contribution in [0.25, 0.3) is 0 Å². The van der Waals surface area contributed by atoms with Crippen LogP contribution in [0.1, 0.15) is 32.8 Å². The van der Waals surface area contributed by atoms with E-state index in [0.29, 0.717) is 6.04 Å². The summed E-state index contributed by atoms with van der Waals surface area (Å²) >= 11 is 0. The molecule has 4 heteroatoms. The Hall–Kier alpha value is -1.13. The van der Waals surface area contributed by atoms with E-state index in [1.165, 1.54) is 5.69 Å². The SMILES string of the molecule is CCCNCc1cc(F)ccc1N1CCN(CC)C(C)C1. The third-order valence-electron chi connectivity index (χ3n) is 4.30. The normalized spacial score (nSPS) is 20.0. The van der Waals surface area contributed by atoms with Crippen molar-refractivity contribution in [2.24, 2.45) is 0 Å². The molecule has 1 N–H and O–H groups in total. The number of nitrogens with zero attached hydrogens (tertiary/aromatic N) is 2. The van der Waals surface area contributed by atoms with E-state index in [-0.39, 0.29) is 5.82 Å². The molecule has 1 heterocycles. The second-order valence-electron chi connectivity index (χ2n) is 5.87. The summed E-state index contributed by atoms with van der Waals surface area (Å²) in [5, 5.41) is 3.39. The lowest BCUT2D eigenvalue weighted by Crippen LogP contribution is -2.52. The second-order valence-corrected chi connectivity index (χ2v) is 5.87. The van der Waals surface area contributed by atoms with Gasteiger partial charge in [0.05, 0.1) is 0 Å². The third-order valence-corrected chi connectivity index (χ3v) is 4.30. The summed E-state index contributed by atoms with van der Waals surface area (Å²) in [6.07, 6.45) is 1.09. The van der Waals surface area contributed by atoms with Crippen LogP contribution < -0.4 is 10.2 Å². The zero-order chi connectivity index (χ0) is 15.2. The van der Waals surface area contributed by atoms with Crippen LogP contribution in [0, 0.1) is 5.82 Å². The number of halogens is 1. The van der Waals surface area contributed by atoms with Crippen LogP contribution in [-0.2, 0) is 6.54 Å². The van der Waals surface area contributed by atoms with Crippen LogP contribution in [0.4, 0.5) is 10.1 Å². The average Bonchev–Trinajstić information content (AvgIpc) is 2.47. The summed E-state index contributed by atoms with van der Waals surface area (Å²) in [6.45, 7) is 12.5. The Balaban J connectivity index is 2.11. The molecule has 1 atom stereocenters. The molecule has 3 nitrogen and oxygen atoms in total. The molecule has 0 saturated carbocycles. The topological polar surface area (TPSA) is 18.5 Å². The molecule has 1 aliphatic rings. The van der Waals surface area contributed by atoms with Gasteiger partial charge in [-0.05, 0) is 50.2 Å². The van der Waals surface area contributed by atoms with Crippen molar-refractivity contribution in [1.82, 2.24) is 10.2 Å². The van der Waals surface area contributed by atoms with E-state index in [2.05, 4.69) is 35.9 Å². The molecule has 1 aromatic carbocycles. The summed E-state index contributed by atoms with van der Waals surface area (Å²) < 4.78 is 13.6. The number of likely N-dealkylation sites (N-methyl/N-ethyl adjacent to an activating group) is 1. The summed E-state index contributed by atoms with van der Waals surface area (Å²) in [5.41, 5.74) is 2.25. The fraction of sp³-hybridized carbons (Fsp3) is 0.647. The number of hydrogen-bond acceptors (Lipinski definition) is 3. The number of rotatable bonds is 6. The highest BCUT2D eigenvalue weighted by Gasteiger charge is 2.23. The van der Waals surface area contributed by atoms with Gasteiger partial charge in [0, 0.05) is 37.9 Å². The fourth-order valence-electron chi connectivity index (χ4n) is 3.09. The van der Waals surface area contributed by atoms with E-state index in [4.69, 9.17) is 0 Å². The fourth-order valence-corrected chi connectivity index (χ4v) is 3.09. The van der Waals surface area contributed by atoms with Gasteiger partial charge < -0.3 is 10.2 Å². The highest BCUT2D eigenvalue weighted by Crippen LogP contribution is 2.24. The Morgan fingerprint density at radius 2 is 2.10 bits per heavy atom. The minimum Gasteiger partial charge on any atom is -0.368 e. The number of nitrogens with one attached hydrogen (secondary N) is 1. The molecule has 0 radical (unpaired) electrons. The first-order chi connectivity index (χ1) is 10.2. The minimum atomic E-state index is -0.146. The van der Waals surface area contributed by atoms with Crippen LogP contribution in [0.3, 0.4) is 0 Å². The van der Waals surface area contributed by atoms with Gasteiger partial charge in [0.1, 0.15) is 5.82 Å². The number of hydrogen-bond donors (Lipinski definition) is 1. The minimum absolute atomic E-state index is 0.146. The van der Waals surface area contributed by atoms with Gasteiger partial charge in [-0.25, -0.2) is 4.39 Å². The highest BCUT2D eigenvalue weighted by molar-refractivity contribution is 5.54. The van der Waals surface area contributed by atoms with E-state index >= 15 is 0 Å². The maximum absolute atomic E-state index is 13.6. The summed E-state index contributed by atoms with van der Waals surface area (Å²) in [7, 11) is 0. The van der Waals surface area contributed by atoms with E-state index in [9.17, 15) is 4.39 Å². The van der Waals surface area contributed by atoms with Crippen molar-refractivity contribution in [2.75, 3.05) is 37.6 Å². The largest absolute Gasteiger partial charge is 0.368 e. The first-order valence-electron chi connectivity index (χ1n) is 8.13. The van der Waals surface area contributed by atoms with Crippen LogP contribution in [0.2, 0.25) is 0 Å². The van der Waals surface area contributed by atoms with Gasteiger partial charge in [-0.15, -0.1) is 0 Å². The lowest BCUT2D eigenvalue weighted by Gasteiger charge is -2.41. The van der Waals surface area contributed by atoms with Gasteiger partial charge in [-0.2, -0.15) is 0 Å². The van der Waals surface area contributed by atoms with E-state index in [1.54, 1.807) is 12.1 Å². The van der Waals surface area contributed by atoms with Crippen molar-refractivity contribution in [1.29, 1.82) is 0 Å². The molecule has 0 aromatic heterocycles. The van der Waals surface area contributed by atoms with Crippen LogP contribution in [-0.4, -0.2) is 43.7 Å². The van der Waals surface area contributed by atoms with E-state index in [0.717, 1.165) is 51.3 Å². The molecule has 0 spiro atoms. The van der Waals surface area contributed by atoms with E-state index < -0.39 is 0 Å². The molecule has 1 saturated heterocycles. The third kappa shape index (κ3) is 4.17. The van der Waals surface area contributed by atoms with Crippen molar-refractivity contribution in [3.8, 4) is 0 Å². The zero-order valence-corrected chi connectivity index (χ0v) is 13.5. The molecule has 0 bridgehead atoms. The lowest BCUT2D eigenvalue weighted by atomic mass is 10.1. The van der Waals surface area contributed by atoms with Crippen molar-refractivity contribution < 1.29 is 4.39 Å². The number of piperazine rings is 1. The predicted octanol–water partition coefficient (Wildman–Crippen LogP) is 2.86. The second kappa shape index (κ2) is 7.76. The Bertz CT molecular complexity index is 450. The molecule has 1 aromatic rings. The summed E-state index contributed by atoms with van der Waals surface area (Å²) in [6, 6.07) is 5.74. The van der Waals surface area contributed by atoms with E-state index in [1.807, 2.05) is 6.07 Å². The maximum Gasteiger partial charge on any atom is 0.123 e. The van der Waals surface area contributed by atoms with Gasteiger partial charge >= 0.3 is 0 Å². The summed E-state index contributed by atoms with van der Waals surface area (Å²) in [5.74, 6) is -0.146. The van der Waals surface area contributed by atoms with Gasteiger partial charge in [0.15, 0.2) is 0 Å². The molecule has 1 aliphatic heterocycles. The quantitative estimate of drug-likeness (QED) is 0.814. The van der Waals surface area contributed by atoms with Gasteiger partial charge in [0.2, 0.25) is 0 Å². The standard InChI is InChI=1S/C17H28FN3/c1-4-8-19-12-15-11-16(18)6-7-17(15)21-10-9-20(5-2)14(3)13-21/h6-7,11,14,19H,4-5,8-10,12-13H2,1-3H3. The molecule has 118 valence electrons. The van der Waals surface area contributed by atoms with Crippen molar-refractivity contribution in [3.63, 3.8) is 0 Å². The van der Waals surface area contributed by atoms with Gasteiger partial charge in [-0.1, -0.05) is 13.8 Å². The lowest BCUT2D eigenvalue weighted by molar-refractivity contribution is 0.199. The molecular weight excluding hydrogens is 265 g/mol. The number of benzene rings is 1. The smallest absolute Gasteiger partial charge is 0.123 e. The molecule has 0 amide bonds. The van der Waals surface area contributed by atoms with Gasteiger partial charge in [-0.3, -0.25) is 4.90 Å². The van der Waals surface area contributed by atoms with Crippen molar-refractivity contribution in [3.05, 3.63) is 29.6 Å². The predicted molar refractivity (Wildman–Crippen MR) is 87.3 cm³/mol. The Morgan fingerprint density at radius 3 is 2.76 bits per heavy atom. The molecule has 1 unspecified atom stereocenters. The Morgan fingerprint density at radius 1 is 1.29 bits per heavy atom. The molecular formula is C17H28FN3. The van der Waals surface area contributed by atoms with Crippen molar-refractivity contribution >= 4 is 5.69 Å². The average molecular weight is 293 g/mol. The van der Waals surface area contributed by atoms with Gasteiger partial charge in [0.25, 0.3) is 0 Å². The Kier molecular flexibility index (Phi) is 6.00. The van der Waals surface area contributed by atoms with Crippen molar-refractivity contribution in [2.45, 2.75) is 39.8 Å². The molecule has 21 heavy (non-hydrogen) atoms. The number of anilines is 1. The molecule has 0 aliphatic carbocycles. The maximum atomic E-state index is 13.6. The van der Waals surface area contributed by atoms with Crippen LogP contribution >= 0.6 is 0 Å². The highest BCUT2D eigenvalue weighted by atomic mass is 19.1. The molecule has 1 fully saturated rings. The zero-order valence-electron chi connectivity index (χ0n) is 13.5. The monoisotopic (exact) mass is 293 g/mol. The Labute approximate surface area is 128 Å². The first-order valence-corrected chi connectivity index (χ1v) is 8.13. The molecule has 2 rings (SSSR count). The first kappa shape index (κ1) is 16.2. The van der Waals surface area contributed by atoms with Crippen LogP contribution in [0.15, 0.2) is 18.2 Å².